The van der Waals surface area contributed by atoms with E-state index in [4.69, 9.17) is 23.7 Å². The summed E-state index contributed by atoms with van der Waals surface area (Å²) < 4.78 is 27.3. The number of hydrazone groups is 1. The standard InChI is InChI=1S/C28H33BrN4O9/c1-5-39-22-12-18(26-25(27(36)38-4)16(3)31-28(37)32-26)8-10-21(22)41-14-23(34)33-30-13-17-7-9-20(19(29)11-17)42-15-24(35)40-6-2/h7-13,23,26,33-34H,5-6,14-15H2,1-4H3,(H2,31,32,37)/b30-13-/t23-,26-/m0/s1. The molecule has 2 atom stereocenters. The summed E-state index contributed by atoms with van der Waals surface area (Å²) in [5.41, 5.74) is 4.49. The lowest BCUT2D eigenvalue weighted by Crippen LogP contribution is -2.45. The Hall–Kier alpha value is -4.30. The molecule has 1 aliphatic rings. The van der Waals surface area contributed by atoms with Gasteiger partial charge in [-0.05, 0) is 78.2 Å². The number of nitrogens with one attached hydrogen (secondary N) is 3. The fourth-order valence-electron chi connectivity index (χ4n) is 3.87. The van der Waals surface area contributed by atoms with Crippen LogP contribution in [-0.4, -0.2) is 69.1 Å². The van der Waals surface area contributed by atoms with Crippen LogP contribution in [0.2, 0.25) is 0 Å². The normalized spacial score (nSPS) is 15.4. The van der Waals surface area contributed by atoms with Crippen LogP contribution in [-0.2, 0) is 19.1 Å². The molecule has 0 saturated heterocycles. The van der Waals surface area contributed by atoms with Gasteiger partial charge in [-0.1, -0.05) is 6.07 Å². The average Bonchev–Trinajstić information content (AvgIpc) is 2.95. The molecule has 0 radical (unpaired) electrons. The maximum atomic E-state index is 12.4. The van der Waals surface area contributed by atoms with E-state index in [1.165, 1.54) is 13.3 Å². The Balaban J connectivity index is 1.61. The molecule has 2 aromatic rings. The molecule has 0 unspecified atom stereocenters. The minimum atomic E-state index is -1.16. The fourth-order valence-corrected chi connectivity index (χ4v) is 4.38. The van der Waals surface area contributed by atoms with Crippen molar-refractivity contribution in [3.63, 3.8) is 0 Å². The Morgan fingerprint density at radius 2 is 1.86 bits per heavy atom. The van der Waals surface area contributed by atoms with Gasteiger partial charge in [-0.3, -0.25) is 5.43 Å². The molecule has 0 bridgehead atoms. The first-order valence-corrected chi connectivity index (χ1v) is 13.8. The molecular weight excluding hydrogens is 616 g/mol. The molecule has 3 rings (SSSR count). The van der Waals surface area contributed by atoms with E-state index in [1.807, 2.05) is 0 Å². The van der Waals surface area contributed by atoms with Crippen LogP contribution in [0.15, 0.2) is 57.2 Å². The van der Waals surface area contributed by atoms with Gasteiger partial charge in [-0.25, -0.2) is 14.4 Å². The molecule has 4 N–H and O–H groups in total. The van der Waals surface area contributed by atoms with Crippen LogP contribution in [0.1, 0.15) is 37.9 Å². The average molecular weight is 649 g/mol. The van der Waals surface area contributed by atoms with Crippen molar-refractivity contribution in [1.82, 2.24) is 16.1 Å². The summed E-state index contributed by atoms with van der Waals surface area (Å²) in [5, 5.41) is 19.7. The molecule has 14 heteroatoms. The first-order chi connectivity index (χ1) is 20.2. The van der Waals surface area contributed by atoms with E-state index in [-0.39, 0.29) is 25.4 Å². The van der Waals surface area contributed by atoms with Crippen LogP contribution in [0.3, 0.4) is 0 Å². The predicted molar refractivity (Wildman–Crippen MR) is 155 cm³/mol. The molecule has 0 saturated carbocycles. The number of nitrogens with zero attached hydrogens (tertiary/aromatic N) is 1. The highest BCUT2D eigenvalue weighted by molar-refractivity contribution is 9.10. The van der Waals surface area contributed by atoms with Crippen molar-refractivity contribution in [2.45, 2.75) is 33.0 Å². The third-order valence-corrected chi connectivity index (χ3v) is 6.34. The number of urea groups is 1. The Bertz CT molecular complexity index is 1350. The molecule has 42 heavy (non-hydrogen) atoms. The van der Waals surface area contributed by atoms with Gasteiger partial charge in [0, 0.05) is 5.70 Å². The Kier molecular flexibility index (Phi) is 12.0. The summed E-state index contributed by atoms with van der Waals surface area (Å²) in [6.45, 7) is 5.36. The van der Waals surface area contributed by atoms with Crippen LogP contribution in [0.25, 0.3) is 0 Å². The van der Waals surface area contributed by atoms with Crippen molar-refractivity contribution < 1.29 is 43.2 Å². The molecule has 0 fully saturated rings. The third-order valence-electron chi connectivity index (χ3n) is 5.72. The Morgan fingerprint density at radius 1 is 1.10 bits per heavy atom. The smallest absolute Gasteiger partial charge is 0.344 e. The third kappa shape index (κ3) is 8.85. The largest absolute Gasteiger partial charge is 0.490 e. The molecule has 2 aromatic carbocycles. The maximum Gasteiger partial charge on any atom is 0.344 e. The van der Waals surface area contributed by atoms with E-state index in [9.17, 15) is 19.5 Å². The Labute approximate surface area is 251 Å². The van der Waals surface area contributed by atoms with Crippen molar-refractivity contribution in [2.24, 2.45) is 5.10 Å². The highest BCUT2D eigenvalue weighted by atomic mass is 79.9. The number of esters is 2. The summed E-state index contributed by atoms with van der Waals surface area (Å²) in [6, 6.07) is 8.87. The van der Waals surface area contributed by atoms with E-state index >= 15 is 0 Å². The lowest BCUT2D eigenvalue weighted by atomic mass is 9.95. The van der Waals surface area contributed by atoms with Crippen molar-refractivity contribution in [2.75, 3.05) is 33.5 Å². The SMILES string of the molecule is CCOC(=O)COc1ccc(/C=N\N[C@@H](O)COc2ccc([C@@H]3NC(=O)NC(C)=C3C(=O)OC)cc2OCC)cc1Br. The second-order valence-corrected chi connectivity index (χ2v) is 9.55. The van der Waals surface area contributed by atoms with E-state index in [0.29, 0.717) is 45.2 Å². The fraction of sp³-hybridized carbons (Fsp3) is 0.357. The number of allylic oxidation sites excluding steroid dienone is 1. The van der Waals surface area contributed by atoms with E-state index in [0.717, 1.165) is 0 Å². The van der Waals surface area contributed by atoms with Gasteiger partial charge in [-0.15, -0.1) is 0 Å². The number of benzene rings is 2. The second-order valence-electron chi connectivity index (χ2n) is 8.70. The molecule has 226 valence electrons. The summed E-state index contributed by atoms with van der Waals surface area (Å²) in [7, 11) is 1.27. The second kappa shape index (κ2) is 15.6. The Morgan fingerprint density at radius 3 is 2.55 bits per heavy atom. The summed E-state index contributed by atoms with van der Waals surface area (Å²) in [5.74, 6) is 0.121. The van der Waals surface area contributed by atoms with Crippen LogP contribution < -0.4 is 30.3 Å². The number of carbonyl (C=O) groups excluding carboxylic acids is 3. The summed E-state index contributed by atoms with van der Waals surface area (Å²) in [4.78, 5) is 36.0. The zero-order chi connectivity index (χ0) is 30.6. The van der Waals surface area contributed by atoms with Crippen molar-refractivity contribution >= 4 is 40.1 Å². The number of aliphatic hydroxyl groups excluding tert-OH is 1. The van der Waals surface area contributed by atoms with Crippen LogP contribution in [0.5, 0.6) is 17.2 Å². The minimum Gasteiger partial charge on any atom is -0.490 e. The first kappa shape index (κ1) is 32.2. The maximum absolute atomic E-state index is 12.4. The number of aliphatic hydroxyl groups is 1. The molecule has 13 nitrogen and oxygen atoms in total. The van der Waals surface area contributed by atoms with E-state index < -0.39 is 30.2 Å². The number of hydrogen-bond acceptors (Lipinski definition) is 11. The van der Waals surface area contributed by atoms with Gasteiger partial charge in [0.05, 0.1) is 42.6 Å². The number of ether oxygens (including phenoxy) is 5. The number of carbonyl (C=O) groups is 3. The number of methoxy groups -OCH3 is 1. The summed E-state index contributed by atoms with van der Waals surface area (Å²) >= 11 is 3.39. The lowest BCUT2D eigenvalue weighted by Gasteiger charge is -2.28. The number of hydrogen-bond donors (Lipinski definition) is 4. The van der Waals surface area contributed by atoms with E-state index in [1.54, 1.807) is 57.2 Å². The van der Waals surface area contributed by atoms with Crippen molar-refractivity contribution in [3.8, 4) is 17.2 Å². The van der Waals surface area contributed by atoms with Gasteiger partial charge in [0.15, 0.2) is 24.3 Å². The zero-order valence-corrected chi connectivity index (χ0v) is 25.1. The molecule has 0 aromatic heterocycles. The summed E-state index contributed by atoms with van der Waals surface area (Å²) in [6.07, 6.45) is 0.330. The molecule has 0 aliphatic carbocycles. The molecule has 1 heterocycles. The molecule has 2 amide bonds. The van der Waals surface area contributed by atoms with Crippen LogP contribution in [0.4, 0.5) is 4.79 Å². The number of rotatable bonds is 14. The van der Waals surface area contributed by atoms with Crippen molar-refractivity contribution in [1.29, 1.82) is 0 Å². The lowest BCUT2D eigenvalue weighted by molar-refractivity contribution is -0.145. The molecule has 0 spiro atoms. The highest BCUT2D eigenvalue weighted by Crippen LogP contribution is 2.35. The highest BCUT2D eigenvalue weighted by Gasteiger charge is 2.32. The van der Waals surface area contributed by atoms with Gasteiger partial charge in [0.2, 0.25) is 0 Å². The van der Waals surface area contributed by atoms with Crippen LogP contribution >= 0.6 is 15.9 Å². The molecule has 1 aliphatic heterocycles. The molecular formula is C28H33BrN4O9. The van der Waals surface area contributed by atoms with Crippen molar-refractivity contribution in [3.05, 3.63) is 63.3 Å². The van der Waals surface area contributed by atoms with E-state index in [2.05, 4.69) is 37.1 Å². The van der Waals surface area contributed by atoms with Gasteiger partial charge in [0.25, 0.3) is 0 Å². The first-order valence-electron chi connectivity index (χ1n) is 13.0. The van der Waals surface area contributed by atoms with Gasteiger partial charge in [0.1, 0.15) is 12.4 Å². The van der Waals surface area contributed by atoms with Gasteiger partial charge in [-0.2, -0.15) is 5.10 Å². The number of amides is 2. The number of halogens is 1. The quantitative estimate of drug-likeness (QED) is 0.104. The minimum absolute atomic E-state index is 0.169. The zero-order valence-electron chi connectivity index (χ0n) is 23.6. The van der Waals surface area contributed by atoms with Gasteiger partial charge >= 0.3 is 18.0 Å². The predicted octanol–water partition coefficient (Wildman–Crippen LogP) is 2.91. The topological polar surface area (TPSA) is 166 Å². The van der Waals surface area contributed by atoms with Crippen LogP contribution in [0, 0.1) is 0 Å². The monoisotopic (exact) mass is 648 g/mol. The van der Waals surface area contributed by atoms with Gasteiger partial charge < -0.3 is 39.4 Å².